The third-order valence-electron chi connectivity index (χ3n) is 3.58. The minimum Gasteiger partial charge on any atom is -0.497 e. The van der Waals surface area contributed by atoms with Gasteiger partial charge in [0.15, 0.2) is 0 Å². The van der Waals surface area contributed by atoms with Crippen molar-refractivity contribution < 1.29 is 14.3 Å². The maximum atomic E-state index is 12.0. The highest BCUT2D eigenvalue weighted by Gasteiger charge is 2.02. The van der Waals surface area contributed by atoms with E-state index in [9.17, 15) is 4.79 Å². The van der Waals surface area contributed by atoms with Gasteiger partial charge < -0.3 is 14.8 Å². The Labute approximate surface area is 136 Å². The fourth-order valence-corrected chi connectivity index (χ4v) is 2.10. The number of methoxy groups -OCH3 is 2. The molecule has 0 bridgehead atoms. The first-order chi connectivity index (χ1) is 11.0. The largest absolute Gasteiger partial charge is 0.497 e. The molecule has 0 spiro atoms. The number of hydrogen-bond acceptors (Lipinski definition) is 3. The van der Waals surface area contributed by atoms with Gasteiger partial charge in [-0.15, -0.1) is 0 Å². The molecule has 2 rings (SSSR count). The SMILES string of the molecule is COc1cc(/C=C/C(=O)Nc2ccc(C)c(C)c2)cc(OC)c1. The van der Waals surface area contributed by atoms with Crippen molar-refractivity contribution in [3.8, 4) is 11.5 Å². The quantitative estimate of drug-likeness (QED) is 0.850. The molecule has 23 heavy (non-hydrogen) atoms. The van der Waals surface area contributed by atoms with Gasteiger partial charge in [0.1, 0.15) is 11.5 Å². The van der Waals surface area contributed by atoms with Crippen LogP contribution in [0.5, 0.6) is 11.5 Å². The summed E-state index contributed by atoms with van der Waals surface area (Å²) in [4.78, 5) is 12.0. The standard InChI is InChI=1S/C19H21NO3/c1-13-5-7-16(9-14(13)2)20-19(21)8-6-15-10-17(22-3)12-18(11-15)23-4/h5-12H,1-4H3,(H,20,21)/b8-6+. The summed E-state index contributed by atoms with van der Waals surface area (Å²) < 4.78 is 10.4. The Bertz CT molecular complexity index is 713. The van der Waals surface area contributed by atoms with Crippen LogP contribution >= 0.6 is 0 Å². The van der Waals surface area contributed by atoms with E-state index in [2.05, 4.69) is 5.32 Å². The third-order valence-corrected chi connectivity index (χ3v) is 3.58. The number of benzene rings is 2. The van der Waals surface area contributed by atoms with E-state index in [1.807, 2.05) is 44.2 Å². The predicted octanol–water partition coefficient (Wildman–Crippen LogP) is 3.97. The van der Waals surface area contributed by atoms with Crippen LogP contribution in [0.25, 0.3) is 6.08 Å². The minimum absolute atomic E-state index is 0.185. The fraction of sp³-hybridized carbons (Fsp3) is 0.211. The zero-order valence-electron chi connectivity index (χ0n) is 13.8. The van der Waals surface area contributed by atoms with Crippen LogP contribution in [-0.2, 0) is 4.79 Å². The molecule has 0 saturated carbocycles. The van der Waals surface area contributed by atoms with Crippen molar-refractivity contribution in [2.24, 2.45) is 0 Å². The third kappa shape index (κ3) is 4.61. The fourth-order valence-electron chi connectivity index (χ4n) is 2.10. The van der Waals surface area contributed by atoms with E-state index in [1.54, 1.807) is 26.4 Å². The summed E-state index contributed by atoms with van der Waals surface area (Å²) in [5, 5.41) is 2.85. The number of anilines is 1. The Kier molecular flexibility index (Phi) is 5.41. The predicted molar refractivity (Wildman–Crippen MR) is 93.1 cm³/mol. The Hall–Kier alpha value is -2.75. The molecule has 0 fully saturated rings. The van der Waals surface area contributed by atoms with Gasteiger partial charge in [-0.2, -0.15) is 0 Å². The second kappa shape index (κ2) is 7.49. The lowest BCUT2D eigenvalue weighted by Crippen LogP contribution is -2.07. The van der Waals surface area contributed by atoms with Gasteiger partial charge in [0.25, 0.3) is 0 Å². The van der Waals surface area contributed by atoms with Gasteiger partial charge >= 0.3 is 0 Å². The van der Waals surface area contributed by atoms with E-state index in [-0.39, 0.29) is 5.91 Å². The Morgan fingerprint density at radius 3 is 2.17 bits per heavy atom. The molecule has 0 atom stereocenters. The molecule has 0 aliphatic carbocycles. The van der Waals surface area contributed by atoms with Crippen LogP contribution in [0.15, 0.2) is 42.5 Å². The van der Waals surface area contributed by atoms with Crippen LogP contribution in [0.4, 0.5) is 5.69 Å². The Morgan fingerprint density at radius 2 is 1.61 bits per heavy atom. The normalized spacial score (nSPS) is 10.6. The molecule has 0 aliphatic rings. The van der Waals surface area contributed by atoms with Crippen molar-refractivity contribution in [2.75, 3.05) is 19.5 Å². The van der Waals surface area contributed by atoms with Crippen LogP contribution < -0.4 is 14.8 Å². The molecule has 0 aliphatic heterocycles. The van der Waals surface area contributed by atoms with Gasteiger partial charge in [0.05, 0.1) is 14.2 Å². The highest BCUT2D eigenvalue weighted by atomic mass is 16.5. The summed E-state index contributed by atoms with van der Waals surface area (Å²) in [5.41, 5.74) is 3.95. The zero-order chi connectivity index (χ0) is 16.8. The van der Waals surface area contributed by atoms with Crippen LogP contribution in [-0.4, -0.2) is 20.1 Å². The van der Waals surface area contributed by atoms with E-state index in [0.717, 1.165) is 16.8 Å². The Morgan fingerprint density at radius 1 is 0.957 bits per heavy atom. The summed E-state index contributed by atoms with van der Waals surface area (Å²) in [6.07, 6.45) is 3.21. The van der Waals surface area contributed by atoms with Gasteiger partial charge in [0.2, 0.25) is 5.91 Å². The van der Waals surface area contributed by atoms with Crippen molar-refractivity contribution in [2.45, 2.75) is 13.8 Å². The second-order valence-corrected chi connectivity index (χ2v) is 5.27. The highest BCUT2D eigenvalue weighted by molar-refractivity contribution is 6.02. The lowest BCUT2D eigenvalue weighted by atomic mass is 10.1. The molecule has 4 heteroatoms. The number of nitrogens with one attached hydrogen (secondary N) is 1. The van der Waals surface area contributed by atoms with E-state index in [1.165, 1.54) is 11.6 Å². The smallest absolute Gasteiger partial charge is 0.248 e. The van der Waals surface area contributed by atoms with Crippen molar-refractivity contribution in [1.82, 2.24) is 0 Å². The maximum absolute atomic E-state index is 12.0. The van der Waals surface area contributed by atoms with Crippen molar-refractivity contribution in [3.63, 3.8) is 0 Å². The van der Waals surface area contributed by atoms with E-state index in [4.69, 9.17) is 9.47 Å². The number of amides is 1. The lowest BCUT2D eigenvalue weighted by molar-refractivity contribution is -0.111. The Balaban J connectivity index is 2.10. The number of carbonyl (C=O) groups excluding carboxylic acids is 1. The molecule has 0 heterocycles. The van der Waals surface area contributed by atoms with Crippen molar-refractivity contribution >= 4 is 17.7 Å². The molecular formula is C19H21NO3. The summed E-state index contributed by atoms with van der Waals surface area (Å²) in [6, 6.07) is 11.3. The second-order valence-electron chi connectivity index (χ2n) is 5.27. The molecule has 0 aromatic heterocycles. The van der Waals surface area contributed by atoms with Gasteiger partial charge in [-0.05, 0) is 60.9 Å². The van der Waals surface area contributed by atoms with Crippen LogP contribution in [0, 0.1) is 13.8 Å². The molecule has 0 unspecified atom stereocenters. The first kappa shape index (κ1) is 16.6. The average molecular weight is 311 g/mol. The van der Waals surface area contributed by atoms with Gasteiger partial charge in [-0.25, -0.2) is 0 Å². The van der Waals surface area contributed by atoms with Gasteiger partial charge in [-0.1, -0.05) is 6.07 Å². The summed E-state index contributed by atoms with van der Waals surface area (Å²) in [6.45, 7) is 4.06. The number of rotatable bonds is 5. The number of aryl methyl sites for hydroxylation is 2. The average Bonchev–Trinajstić information content (AvgIpc) is 2.56. The number of carbonyl (C=O) groups is 1. The molecular weight excluding hydrogens is 290 g/mol. The van der Waals surface area contributed by atoms with E-state index in [0.29, 0.717) is 11.5 Å². The molecule has 0 saturated heterocycles. The van der Waals surface area contributed by atoms with Gasteiger partial charge in [-0.3, -0.25) is 4.79 Å². The molecule has 2 aromatic carbocycles. The van der Waals surface area contributed by atoms with Crippen LogP contribution in [0.3, 0.4) is 0 Å². The number of hydrogen-bond donors (Lipinski definition) is 1. The van der Waals surface area contributed by atoms with Crippen LogP contribution in [0.2, 0.25) is 0 Å². The lowest BCUT2D eigenvalue weighted by Gasteiger charge is -2.07. The molecule has 1 amide bonds. The van der Waals surface area contributed by atoms with E-state index < -0.39 is 0 Å². The zero-order valence-corrected chi connectivity index (χ0v) is 13.8. The van der Waals surface area contributed by atoms with Crippen molar-refractivity contribution in [1.29, 1.82) is 0 Å². The monoisotopic (exact) mass is 311 g/mol. The minimum atomic E-state index is -0.185. The van der Waals surface area contributed by atoms with Gasteiger partial charge in [0, 0.05) is 17.8 Å². The summed E-state index contributed by atoms with van der Waals surface area (Å²) >= 11 is 0. The van der Waals surface area contributed by atoms with Crippen LogP contribution in [0.1, 0.15) is 16.7 Å². The molecule has 2 aromatic rings. The summed E-state index contributed by atoms with van der Waals surface area (Å²) in [7, 11) is 3.18. The molecule has 1 N–H and O–H groups in total. The first-order valence-corrected chi connectivity index (χ1v) is 7.31. The topological polar surface area (TPSA) is 47.6 Å². The summed E-state index contributed by atoms with van der Waals surface area (Å²) in [5.74, 6) is 1.17. The van der Waals surface area contributed by atoms with Crippen molar-refractivity contribution in [3.05, 3.63) is 59.2 Å². The first-order valence-electron chi connectivity index (χ1n) is 7.31. The highest BCUT2D eigenvalue weighted by Crippen LogP contribution is 2.23. The molecule has 120 valence electrons. The molecule has 4 nitrogen and oxygen atoms in total. The number of ether oxygens (including phenoxy) is 2. The molecule has 0 radical (unpaired) electrons. The maximum Gasteiger partial charge on any atom is 0.248 e. The van der Waals surface area contributed by atoms with E-state index >= 15 is 0 Å².